The van der Waals surface area contributed by atoms with Crippen LogP contribution in [0.5, 0.6) is 11.8 Å². The van der Waals surface area contributed by atoms with Gasteiger partial charge in [0, 0.05) is 37.4 Å². The molecule has 1 saturated heterocycles. The van der Waals surface area contributed by atoms with Crippen LogP contribution in [0.2, 0.25) is 0 Å². The number of carbonyl (C=O) groups excluding carboxylic acids is 1. The Balaban J connectivity index is 1.30. The topological polar surface area (TPSA) is 127 Å². The molecule has 3 heterocycles. The van der Waals surface area contributed by atoms with Crippen LogP contribution < -0.4 is 10.5 Å². The second-order valence-corrected chi connectivity index (χ2v) is 12.4. The Morgan fingerprint density at radius 2 is 1.66 bits per heavy atom. The zero-order valence-electron chi connectivity index (χ0n) is 28.5. The average molecular weight is 697 g/mol. The molecule has 2 N–H and O–H groups in total. The first kappa shape index (κ1) is 36.7. The lowest BCUT2D eigenvalue weighted by Gasteiger charge is -2.33. The van der Waals surface area contributed by atoms with E-state index in [4.69, 9.17) is 29.9 Å². The summed E-state index contributed by atoms with van der Waals surface area (Å²) >= 11 is 0. The quantitative estimate of drug-likeness (QED) is 0.131. The predicted octanol–water partition coefficient (Wildman–Crippen LogP) is 7.02. The number of benzene rings is 2. The average Bonchev–Trinajstić information content (AvgIpc) is 3.54. The van der Waals surface area contributed by atoms with Gasteiger partial charge in [0.2, 0.25) is 0 Å². The van der Waals surface area contributed by atoms with E-state index < -0.39 is 17.8 Å². The maximum atomic E-state index is 13.4. The van der Waals surface area contributed by atoms with Crippen LogP contribution in [0.1, 0.15) is 55.3 Å². The Morgan fingerprint density at radius 1 is 0.960 bits per heavy atom. The van der Waals surface area contributed by atoms with Gasteiger partial charge in [-0.15, -0.1) is 0 Å². The summed E-state index contributed by atoms with van der Waals surface area (Å²) in [5, 5.41) is 0. The van der Waals surface area contributed by atoms with E-state index in [-0.39, 0.29) is 25.3 Å². The van der Waals surface area contributed by atoms with Crippen LogP contribution in [-0.4, -0.2) is 83.2 Å². The highest BCUT2D eigenvalue weighted by Gasteiger charge is 2.31. The summed E-state index contributed by atoms with van der Waals surface area (Å²) in [7, 11) is 0. The standard InChI is InChI=1S/C36H43F3N6O5/c1-24(2)27-5-4-25(3)31(22-27)50-35-41-13-10-30(43-35)33-32(26-6-8-28(9-7-26)36(37,38)39)42-23-45(33)29-11-14-44(15-12-29)16-17-47-18-19-48-20-21-49-34(40)46/h4-10,13,22-24,29H,11-12,14-21H2,1-3H3,(H2,40,46). The number of nitrogens with two attached hydrogens (primary N) is 1. The minimum absolute atomic E-state index is 0.0817. The summed E-state index contributed by atoms with van der Waals surface area (Å²) in [6, 6.07) is 13.1. The van der Waals surface area contributed by atoms with Crippen LogP contribution in [0.4, 0.5) is 18.0 Å². The molecule has 1 amide bonds. The van der Waals surface area contributed by atoms with Crippen molar-refractivity contribution < 1.29 is 36.9 Å². The maximum absolute atomic E-state index is 13.4. The molecule has 1 aliphatic rings. The Kier molecular flexibility index (Phi) is 12.4. The molecule has 14 heteroatoms. The lowest BCUT2D eigenvalue weighted by molar-refractivity contribution is -0.137. The summed E-state index contributed by atoms with van der Waals surface area (Å²) in [6.07, 6.45) is -0.248. The van der Waals surface area contributed by atoms with Gasteiger partial charge in [0.1, 0.15) is 12.4 Å². The van der Waals surface area contributed by atoms with Gasteiger partial charge in [-0.25, -0.2) is 14.8 Å². The van der Waals surface area contributed by atoms with Crippen molar-refractivity contribution in [3.63, 3.8) is 0 Å². The molecule has 50 heavy (non-hydrogen) atoms. The Morgan fingerprint density at radius 3 is 2.34 bits per heavy atom. The van der Waals surface area contributed by atoms with Crippen LogP contribution >= 0.6 is 0 Å². The fraction of sp³-hybridized carbons (Fsp3) is 0.444. The predicted molar refractivity (Wildman–Crippen MR) is 181 cm³/mol. The Bertz CT molecular complexity index is 1710. The highest BCUT2D eigenvalue weighted by atomic mass is 19.4. The lowest BCUT2D eigenvalue weighted by Crippen LogP contribution is -2.37. The number of hydrogen-bond donors (Lipinski definition) is 1. The molecule has 0 spiro atoms. The molecule has 5 rings (SSSR count). The van der Waals surface area contributed by atoms with Crippen molar-refractivity contribution in [2.24, 2.45) is 5.73 Å². The number of piperidine rings is 1. The van der Waals surface area contributed by atoms with Crippen LogP contribution in [-0.2, 0) is 20.4 Å². The summed E-state index contributed by atoms with van der Waals surface area (Å²) in [4.78, 5) is 26.8. The van der Waals surface area contributed by atoms with Gasteiger partial charge in [0.05, 0.1) is 55.4 Å². The molecule has 1 aliphatic heterocycles. The van der Waals surface area contributed by atoms with Gasteiger partial charge >= 0.3 is 18.3 Å². The molecule has 2 aromatic heterocycles. The van der Waals surface area contributed by atoms with Gasteiger partial charge in [-0.2, -0.15) is 18.2 Å². The number of primary amides is 1. The molecular formula is C36H43F3N6O5. The number of alkyl halides is 3. The SMILES string of the molecule is Cc1ccc(C(C)C)cc1Oc1nccc(-c2c(-c3ccc(C(F)(F)F)cc3)ncn2C2CCN(CCOCCOCCOC(N)=O)CC2)n1. The first-order chi connectivity index (χ1) is 24.0. The number of carbonyl (C=O) groups is 1. The van der Waals surface area contributed by atoms with Crippen molar-refractivity contribution in [1.29, 1.82) is 0 Å². The molecule has 4 aromatic rings. The number of ether oxygens (including phenoxy) is 4. The summed E-state index contributed by atoms with van der Waals surface area (Å²) in [5.41, 5.74) is 8.58. The number of aromatic nitrogens is 4. The van der Waals surface area contributed by atoms with Gasteiger partial charge in [-0.05, 0) is 61.1 Å². The monoisotopic (exact) mass is 696 g/mol. The van der Waals surface area contributed by atoms with Crippen LogP contribution in [0.25, 0.3) is 22.6 Å². The smallest absolute Gasteiger partial charge is 0.416 e. The molecule has 0 saturated carbocycles. The highest BCUT2D eigenvalue weighted by molar-refractivity contribution is 5.77. The first-order valence-corrected chi connectivity index (χ1v) is 16.7. The molecule has 0 atom stereocenters. The highest BCUT2D eigenvalue weighted by Crippen LogP contribution is 2.38. The summed E-state index contributed by atoms with van der Waals surface area (Å²) < 4.78 is 64.1. The number of imidazole rings is 1. The number of halogens is 3. The van der Waals surface area contributed by atoms with Crippen molar-refractivity contribution >= 4 is 6.09 Å². The summed E-state index contributed by atoms with van der Waals surface area (Å²) in [6.45, 7) is 10.3. The van der Waals surface area contributed by atoms with Crippen LogP contribution in [0, 0.1) is 6.92 Å². The third-order valence-electron chi connectivity index (χ3n) is 8.58. The molecule has 268 valence electrons. The van der Waals surface area contributed by atoms with Crippen molar-refractivity contribution in [2.45, 2.75) is 51.7 Å². The van der Waals surface area contributed by atoms with E-state index in [0.717, 1.165) is 55.7 Å². The number of likely N-dealkylation sites (tertiary alicyclic amines) is 1. The van der Waals surface area contributed by atoms with Gasteiger partial charge in [-0.3, -0.25) is 0 Å². The molecule has 0 bridgehead atoms. The third-order valence-corrected chi connectivity index (χ3v) is 8.58. The van der Waals surface area contributed by atoms with Gasteiger partial charge in [0.25, 0.3) is 0 Å². The molecule has 1 fully saturated rings. The van der Waals surface area contributed by atoms with E-state index in [0.29, 0.717) is 54.1 Å². The molecule has 0 radical (unpaired) electrons. The van der Waals surface area contributed by atoms with Gasteiger partial charge in [-0.1, -0.05) is 38.1 Å². The Labute approximate surface area is 289 Å². The fourth-order valence-corrected chi connectivity index (χ4v) is 5.76. The molecule has 0 unspecified atom stereocenters. The van der Waals surface area contributed by atoms with Crippen LogP contribution in [0.15, 0.2) is 61.1 Å². The van der Waals surface area contributed by atoms with E-state index in [9.17, 15) is 18.0 Å². The van der Waals surface area contributed by atoms with E-state index >= 15 is 0 Å². The molecule has 11 nitrogen and oxygen atoms in total. The number of hydrogen-bond acceptors (Lipinski definition) is 9. The van der Waals surface area contributed by atoms with Crippen LogP contribution in [0.3, 0.4) is 0 Å². The second-order valence-electron chi connectivity index (χ2n) is 12.4. The Hall–Kier alpha value is -4.53. The molecule has 2 aromatic carbocycles. The van der Waals surface area contributed by atoms with E-state index in [2.05, 4.69) is 39.1 Å². The molecular weight excluding hydrogens is 653 g/mol. The first-order valence-electron chi connectivity index (χ1n) is 16.7. The number of aryl methyl sites for hydroxylation is 1. The fourth-order valence-electron chi connectivity index (χ4n) is 5.76. The zero-order valence-corrected chi connectivity index (χ0v) is 28.5. The normalized spacial score (nSPS) is 14.3. The minimum Gasteiger partial charge on any atom is -0.447 e. The zero-order chi connectivity index (χ0) is 35.7. The lowest BCUT2D eigenvalue weighted by atomic mass is 10.0. The van der Waals surface area contributed by atoms with E-state index in [1.54, 1.807) is 18.6 Å². The van der Waals surface area contributed by atoms with Gasteiger partial charge < -0.3 is 34.1 Å². The second kappa shape index (κ2) is 16.9. The van der Waals surface area contributed by atoms with Crippen molar-refractivity contribution in [3.8, 4) is 34.4 Å². The van der Waals surface area contributed by atoms with Gasteiger partial charge in [0.15, 0.2) is 0 Å². The summed E-state index contributed by atoms with van der Waals surface area (Å²) in [5.74, 6) is 0.968. The van der Waals surface area contributed by atoms with Crippen molar-refractivity contribution in [1.82, 2.24) is 24.4 Å². The largest absolute Gasteiger partial charge is 0.447 e. The number of amides is 1. The van der Waals surface area contributed by atoms with E-state index in [1.165, 1.54) is 12.1 Å². The van der Waals surface area contributed by atoms with Crippen molar-refractivity contribution in [2.75, 3.05) is 52.7 Å². The van der Waals surface area contributed by atoms with Crippen molar-refractivity contribution in [3.05, 3.63) is 77.7 Å². The third kappa shape index (κ3) is 9.79. The minimum atomic E-state index is -4.44. The number of rotatable bonds is 15. The molecule has 0 aliphatic carbocycles. The van der Waals surface area contributed by atoms with E-state index in [1.807, 2.05) is 19.1 Å². The maximum Gasteiger partial charge on any atom is 0.416 e. The number of nitrogens with zero attached hydrogens (tertiary/aromatic N) is 5.